The summed E-state index contributed by atoms with van der Waals surface area (Å²) in [7, 11) is 0. The van der Waals surface area contributed by atoms with Gasteiger partial charge in [0.25, 0.3) is 10.5 Å². The van der Waals surface area contributed by atoms with Crippen molar-refractivity contribution in [2.75, 3.05) is 0 Å². The molecule has 0 amide bonds. The van der Waals surface area contributed by atoms with Gasteiger partial charge in [0.1, 0.15) is 5.69 Å². The van der Waals surface area contributed by atoms with Crippen LogP contribution < -0.4 is 0 Å². The maximum Gasteiger partial charge on any atom is 0.270 e. The highest BCUT2D eigenvalue weighted by molar-refractivity contribution is 9.19. The summed E-state index contributed by atoms with van der Waals surface area (Å²) < 4.78 is 0.0303. The average molecular weight is 293 g/mol. The first kappa shape index (κ1) is 9.54. The van der Waals surface area contributed by atoms with Crippen molar-refractivity contribution in [2.24, 2.45) is 0 Å². The zero-order valence-corrected chi connectivity index (χ0v) is 8.92. The lowest BCUT2D eigenvalue weighted by Crippen LogP contribution is -2.08. The Kier molecular flexibility index (Phi) is 3.11. The van der Waals surface area contributed by atoms with E-state index in [1.54, 1.807) is 6.07 Å². The van der Waals surface area contributed by atoms with Crippen LogP contribution in [0.4, 0.5) is 0 Å². The number of Topliss-reactive ketones (excluding diaryl/α,β-unsaturated/α-hetero) is 1. The normalized spacial score (nSPS) is 9.50. The molecule has 5 heteroatoms. The number of ketones is 1. The minimum absolute atomic E-state index is 0.131. The van der Waals surface area contributed by atoms with Crippen LogP contribution in [-0.4, -0.2) is 15.5 Å². The third kappa shape index (κ3) is 2.22. The third-order valence-corrected chi connectivity index (χ3v) is 1.99. The summed E-state index contributed by atoms with van der Waals surface area (Å²) in [6, 6.07) is 3.16. The first-order valence-electron chi connectivity index (χ1n) is 2.97. The predicted molar refractivity (Wildman–Crippen MR) is 50.2 cm³/mol. The lowest BCUT2D eigenvalue weighted by atomic mass is 10.3. The number of carbonyl (C=O) groups is 2. The summed E-state index contributed by atoms with van der Waals surface area (Å²) in [5.74, 6) is -0.642. The number of aromatic nitrogens is 1. The van der Waals surface area contributed by atoms with Gasteiger partial charge in [-0.05, 0) is 12.1 Å². The number of nitrogens with zero attached hydrogens (tertiary/aromatic N) is 1. The SMILES string of the molecule is O=C(Br)C(=O)c1cc(Br)ccn1. The van der Waals surface area contributed by atoms with Crippen molar-refractivity contribution < 1.29 is 9.59 Å². The Morgan fingerprint density at radius 2 is 2.08 bits per heavy atom. The van der Waals surface area contributed by atoms with E-state index in [0.717, 1.165) is 4.47 Å². The molecule has 0 saturated heterocycles. The second kappa shape index (κ2) is 3.91. The molecule has 0 fully saturated rings. The molecule has 0 aliphatic carbocycles. The van der Waals surface area contributed by atoms with E-state index in [0.29, 0.717) is 0 Å². The van der Waals surface area contributed by atoms with Gasteiger partial charge in [-0.3, -0.25) is 14.6 Å². The van der Waals surface area contributed by atoms with Gasteiger partial charge in [0.05, 0.1) is 0 Å². The third-order valence-electron chi connectivity index (χ3n) is 1.13. The molecule has 12 heavy (non-hydrogen) atoms. The molecule has 0 atom stereocenters. The van der Waals surface area contributed by atoms with Gasteiger partial charge in [0, 0.05) is 26.6 Å². The van der Waals surface area contributed by atoms with Gasteiger partial charge in [0.15, 0.2) is 0 Å². The maximum atomic E-state index is 11.0. The fourth-order valence-electron chi connectivity index (χ4n) is 0.630. The fraction of sp³-hybridized carbons (Fsp3) is 0. The van der Waals surface area contributed by atoms with Crippen LogP contribution in [0.3, 0.4) is 0 Å². The Morgan fingerprint density at radius 3 is 2.58 bits per heavy atom. The molecular formula is C7H3Br2NO2. The number of pyridine rings is 1. The molecule has 1 rings (SSSR count). The number of halogens is 2. The van der Waals surface area contributed by atoms with E-state index < -0.39 is 10.5 Å². The minimum Gasteiger partial charge on any atom is -0.282 e. The monoisotopic (exact) mass is 291 g/mol. The topological polar surface area (TPSA) is 47.0 Å². The average Bonchev–Trinajstić information content (AvgIpc) is 2.03. The van der Waals surface area contributed by atoms with E-state index >= 15 is 0 Å². The molecule has 1 aromatic rings. The summed E-state index contributed by atoms with van der Waals surface area (Å²) in [5.41, 5.74) is 0.131. The second-order valence-corrected chi connectivity index (χ2v) is 3.60. The van der Waals surface area contributed by atoms with Crippen LogP contribution >= 0.6 is 31.9 Å². The van der Waals surface area contributed by atoms with Crippen LogP contribution in [0.15, 0.2) is 22.8 Å². The first-order valence-corrected chi connectivity index (χ1v) is 4.55. The zero-order chi connectivity index (χ0) is 9.14. The zero-order valence-electron chi connectivity index (χ0n) is 5.75. The minimum atomic E-state index is -0.687. The number of hydrogen-bond donors (Lipinski definition) is 0. The van der Waals surface area contributed by atoms with Gasteiger partial charge in [0.2, 0.25) is 0 Å². The van der Waals surface area contributed by atoms with Gasteiger partial charge in [-0.2, -0.15) is 0 Å². The van der Waals surface area contributed by atoms with Gasteiger partial charge in [-0.25, -0.2) is 0 Å². The molecule has 3 nitrogen and oxygen atoms in total. The van der Waals surface area contributed by atoms with E-state index in [4.69, 9.17) is 0 Å². The molecule has 0 aliphatic heterocycles. The van der Waals surface area contributed by atoms with Crippen LogP contribution in [0.25, 0.3) is 0 Å². The van der Waals surface area contributed by atoms with Gasteiger partial charge < -0.3 is 0 Å². The smallest absolute Gasteiger partial charge is 0.270 e. The quantitative estimate of drug-likeness (QED) is 0.475. The lowest BCUT2D eigenvalue weighted by molar-refractivity contribution is -0.107. The molecule has 1 aromatic heterocycles. The Morgan fingerprint density at radius 1 is 1.42 bits per heavy atom. The van der Waals surface area contributed by atoms with Crippen LogP contribution in [0.1, 0.15) is 10.5 Å². The first-order chi connectivity index (χ1) is 5.61. The number of rotatable bonds is 2. The summed E-state index contributed by atoms with van der Waals surface area (Å²) >= 11 is 5.72. The Balaban J connectivity index is 3.04. The largest absolute Gasteiger partial charge is 0.282 e. The second-order valence-electron chi connectivity index (χ2n) is 1.96. The Hall–Kier alpha value is -0.550. The van der Waals surface area contributed by atoms with E-state index in [1.807, 2.05) is 0 Å². The van der Waals surface area contributed by atoms with Gasteiger partial charge in [-0.15, -0.1) is 0 Å². The molecule has 0 aromatic carbocycles. The molecule has 0 aliphatic rings. The summed E-state index contributed by atoms with van der Waals surface area (Å²) in [5, 5.41) is 0. The van der Waals surface area contributed by atoms with Crippen LogP contribution in [-0.2, 0) is 4.79 Å². The highest BCUT2D eigenvalue weighted by Gasteiger charge is 2.13. The van der Waals surface area contributed by atoms with Crippen molar-refractivity contribution in [3.05, 3.63) is 28.5 Å². The van der Waals surface area contributed by atoms with Crippen molar-refractivity contribution in [1.82, 2.24) is 4.98 Å². The summed E-state index contributed by atoms with van der Waals surface area (Å²) in [4.78, 5) is 25.3. The maximum absolute atomic E-state index is 11.0. The van der Waals surface area contributed by atoms with E-state index in [2.05, 4.69) is 36.8 Å². The lowest BCUT2D eigenvalue weighted by Gasteiger charge is -1.94. The fourth-order valence-corrected chi connectivity index (χ4v) is 1.17. The standard InChI is InChI=1S/C7H3Br2NO2/c8-4-1-2-10-5(3-4)6(11)7(9)12/h1-3H. The van der Waals surface area contributed by atoms with Crippen LogP contribution in [0.2, 0.25) is 0 Å². The Bertz CT molecular complexity index is 338. The molecule has 0 spiro atoms. The predicted octanol–water partition coefficient (Wildman–Crippen LogP) is 1.95. The molecule has 0 unspecified atom stereocenters. The van der Waals surface area contributed by atoms with Crippen molar-refractivity contribution in [3.63, 3.8) is 0 Å². The van der Waals surface area contributed by atoms with Crippen LogP contribution in [0, 0.1) is 0 Å². The van der Waals surface area contributed by atoms with E-state index in [-0.39, 0.29) is 5.69 Å². The molecule has 0 radical (unpaired) electrons. The molecule has 62 valence electrons. The van der Waals surface area contributed by atoms with Crippen molar-refractivity contribution in [2.45, 2.75) is 0 Å². The molecule has 0 saturated carbocycles. The molecule has 0 N–H and O–H groups in total. The Labute approximate surface area is 85.4 Å². The highest BCUT2D eigenvalue weighted by atomic mass is 79.9. The molecule has 1 heterocycles. The van der Waals surface area contributed by atoms with E-state index in [9.17, 15) is 9.59 Å². The highest BCUT2D eigenvalue weighted by Crippen LogP contribution is 2.10. The molecular weight excluding hydrogens is 290 g/mol. The van der Waals surface area contributed by atoms with Gasteiger partial charge in [-0.1, -0.05) is 15.9 Å². The number of hydrogen-bond acceptors (Lipinski definition) is 3. The van der Waals surface area contributed by atoms with E-state index in [1.165, 1.54) is 12.3 Å². The van der Waals surface area contributed by atoms with Gasteiger partial charge >= 0.3 is 0 Å². The summed E-state index contributed by atoms with van der Waals surface area (Å²) in [6.45, 7) is 0. The van der Waals surface area contributed by atoms with Crippen molar-refractivity contribution in [3.8, 4) is 0 Å². The van der Waals surface area contributed by atoms with Crippen molar-refractivity contribution >= 4 is 42.3 Å². The molecule has 0 bridgehead atoms. The van der Waals surface area contributed by atoms with Crippen molar-refractivity contribution in [1.29, 1.82) is 0 Å². The number of carbonyl (C=O) groups excluding carboxylic acids is 2. The summed E-state index contributed by atoms with van der Waals surface area (Å²) in [6.07, 6.45) is 1.45. The van der Waals surface area contributed by atoms with Crippen LogP contribution in [0.5, 0.6) is 0 Å².